The molecule has 3 rings (SSSR count). The second-order valence-corrected chi connectivity index (χ2v) is 8.22. The van der Waals surface area contributed by atoms with Crippen molar-refractivity contribution in [3.05, 3.63) is 64.2 Å². The highest BCUT2D eigenvalue weighted by atomic mass is 35.5. The number of hydrogen-bond donors (Lipinski definition) is 1. The van der Waals surface area contributed by atoms with Crippen molar-refractivity contribution < 1.29 is 14.3 Å². The van der Waals surface area contributed by atoms with Crippen molar-refractivity contribution in [3.8, 4) is 5.75 Å². The van der Waals surface area contributed by atoms with Gasteiger partial charge in [-0.3, -0.25) is 9.59 Å². The van der Waals surface area contributed by atoms with Gasteiger partial charge < -0.3 is 15.0 Å². The number of amides is 2. The highest BCUT2D eigenvalue weighted by Crippen LogP contribution is 2.23. The summed E-state index contributed by atoms with van der Waals surface area (Å²) >= 11 is 6.06. The molecule has 1 aliphatic rings. The zero-order chi connectivity index (χ0) is 21.5. The molecule has 0 atom stereocenters. The number of nitrogens with zero attached hydrogens (tertiary/aromatic N) is 1. The van der Waals surface area contributed by atoms with E-state index in [2.05, 4.69) is 5.32 Å². The van der Waals surface area contributed by atoms with Crippen molar-refractivity contribution in [1.29, 1.82) is 0 Å². The molecule has 0 radical (unpaired) electrons. The van der Waals surface area contributed by atoms with E-state index in [1.165, 1.54) is 5.56 Å². The van der Waals surface area contributed by atoms with Crippen LogP contribution in [0.5, 0.6) is 5.75 Å². The van der Waals surface area contributed by atoms with Crippen LogP contribution in [0.3, 0.4) is 0 Å². The molecule has 1 aliphatic heterocycles. The number of piperidine rings is 1. The molecule has 2 aromatic rings. The number of halogens is 1. The van der Waals surface area contributed by atoms with E-state index in [-0.39, 0.29) is 17.9 Å². The van der Waals surface area contributed by atoms with E-state index < -0.39 is 0 Å². The number of rotatable bonds is 7. The molecule has 160 valence electrons. The Morgan fingerprint density at radius 3 is 2.53 bits per heavy atom. The molecule has 30 heavy (non-hydrogen) atoms. The van der Waals surface area contributed by atoms with E-state index in [9.17, 15) is 9.59 Å². The number of carbonyl (C=O) groups is 2. The van der Waals surface area contributed by atoms with Crippen molar-refractivity contribution >= 4 is 23.4 Å². The van der Waals surface area contributed by atoms with E-state index in [0.717, 1.165) is 18.4 Å². The Bertz CT molecular complexity index is 892. The second-order valence-electron chi connectivity index (χ2n) is 7.81. The van der Waals surface area contributed by atoms with Crippen molar-refractivity contribution in [2.24, 2.45) is 0 Å². The summed E-state index contributed by atoms with van der Waals surface area (Å²) in [6, 6.07) is 13.2. The van der Waals surface area contributed by atoms with Crippen LogP contribution in [-0.2, 0) is 4.79 Å². The highest BCUT2D eigenvalue weighted by Gasteiger charge is 2.24. The summed E-state index contributed by atoms with van der Waals surface area (Å²) < 4.78 is 5.64. The minimum Gasteiger partial charge on any atom is -0.492 e. The zero-order valence-corrected chi connectivity index (χ0v) is 18.4. The highest BCUT2D eigenvalue weighted by molar-refractivity contribution is 6.32. The van der Waals surface area contributed by atoms with E-state index in [1.807, 2.05) is 55.1 Å². The van der Waals surface area contributed by atoms with Gasteiger partial charge in [0.1, 0.15) is 5.75 Å². The Labute approximate surface area is 183 Å². The van der Waals surface area contributed by atoms with Crippen LogP contribution in [0.4, 0.5) is 0 Å². The fourth-order valence-electron chi connectivity index (χ4n) is 3.55. The first-order valence-corrected chi connectivity index (χ1v) is 10.8. The maximum Gasteiger partial charge on any atom is 0.251 e. The number of ether oxygens (including phenoxy) is 1. The average Bonchev–Trinajstić information content (AvgIpc) is 2.74. The Balaban J connectivity index is 1.37. The fourth-order valence-corrected chi connectivity index (χ4v) is 3.74. The van der Waals surface area contributed by atoms with Crippen LogP contribution < -0.4 is 10.1 Å². The Morgan fingerprint density at radius 1 is 1.10 bits per heavy atom. The second kappa shape index (κ2) is 10.5. The maximum atomic E-state index is 12.5. The minimum atomic E-state index is -0.0420. The van der Waals surface area contributed by atoms with Crippen LogP contribution in [0, 0.1) is 13.8 Å². The zero-order valence-electron chi connectivity index (χ0n) is 17.6. The third-order valence-electron chi connectivity index (χ3n) is 5.58. The third kappa shape index (κ3) is 5.99. The lowest BCUT2D eigenvalue weighted by molar-refractivity contribution is -0.132. The molecular weight excluding hydrogens is 400 g/mol. The number of carbonyl (C=O) groups excluding carboxylic acids is 2. The first kappa shape index (κ1) is 22.2. The number of para-hydroxylation sites is 1. The van der Waals surface area contributed by atoms with Gasteiger partial charge in [0.25, 0.3) is 5.91 Å². The van der Waals surface area contributed by atoms with Gasteiger partial charge in [0.2, 0.25) is 5.91 Å². The summed E-state index contributed by atoms with van der Waals surface area (Å²) in [5.74, 6) is 0.739. The summed E-state index contributed by atoms with van der Waals surface area (Å²) in [4.78, 5) is 26.8. The van der Waals surface area contributed by atoms with Crippen LogP contribution in [0.2, 0.25) is 5.02 Å². The molecule has 6 heteroatoms. The van der Waals surface area contributed by atoms with E-state index in [0.29, 0.717) is 48.9 Å². The van der Waals surface area contributed by atoms with Crippen LogP contribution in [0.1, 0.15) is 47.2 Å². The number of benzene rings is 2. The van der Waals surface area contributed by atoms with Gasteiger partial charge in [-0.2, -0.15) is 0 Å². The molecule has 2 aromatic carbocycles. The largest absolute Gasteiger partial charge is 0.492 e. The monoisotopic (exact) mass is 428 g/mol. The van der Waals surface area contributed by atoms with Gasteiger partial charge in [0.05, 0.1) is 11.6 Å². The predicted molar refractivity (Wildman–Crippen MR) is 119 cm³/mol. The van der Waals surface area contributed by atoms with E-state index >= 15 is 0 Å². The van der Waals surface area contributed by atoms with Crippen LogP contribution >= 0.6 is 11.6 Å². The lowest BCUT2D eigenvalue weighted by Crippen LogP contribution is -2.46. The number of hydrogen-bond acceptors (Lipinski definition) is 3. The molecule has 1 N–H and O–H groups in total. The summed E-state index contributed by atoms with van der Waals surface area (Å²) in [5.41, 5.74) is 2.98. The number of likely N-dealkylation sites (tertiary alicyclic amines) is 1. The fraction of sp³-hybridized carbons (Fsp3) is 0.417. The van der Waals surface area contributed by atoms with Crippen LogP contribution in [0.15, 0.2) is 42.5 Å². The lowest BCUT2D eigenvalue weighted by Gasteiger charge is -2.32. The summed E-state index contributed by atoms with van der Waals surface area (Å²) in [6.45, 7) is 5.84. The normalized spacial score (nSPS) is 14.4. The maximum absolute atomic E-state index is 12.5. The van der Waals surface area contributed by atoms with Crippen molar-refractivity contribution in [3.63, 3.8) is 0 Å². The van der Waals surface area contributed by atoms with Gasteiger partial charge in [-0.05, 0) is 68.5 Å². The van der Waals surface area contributed by atoms with E-state index in [4.69, 9.17) is 16.3 Å². The van der Waals surface area contributed by atoms with Crippen molar-refractivity contribution in [1.82, 2.24) is 10.2 Å². The predicted octanol–water partition coefficient (Wildman–Crippen LogP) is 4.54. The Kier molecular flexibility index (Phi) is 7.75. The van der Waals surface area contributed by atoms with Gasteiger partial charge in [-0.25, -0.2) is 0 Å². The SMILES string of the molecule is Cc1ccc(C(=O)NC2CCN(C(=O)CCCOc3ccccc3Cl)CC2)cc1C. The quantitative estimate of drug-likeness (QED) is 0.659. The van der Waals surface area contributed by atoms with Gasteiger partial charge in [0.15, 0.2) is 0 Å². The summed E-state index contributed by atoms with van der Waals surface area (Å²) in [7, 11) is 0. The van der Waals surface area contributed by atoms with Gasteiger partial charge in [-0.1, -0.05) is 29.8 Å². The molecule has 0 bridgehead atoms. The standard InChI is InChI=1S/C24H29ClN2O3/c1-17-9-10-19(16-18(17)2)24(29)26-20-11-13-27(14-12-20)23(28)8-5-15-30-22-7-4-3-6-21(22)25/h3-4,6-7,9-10,16,20H,5,8,11-15H2,1-2H3,(H,26,29). The van der Waals surface area contributed by atoms with Crippen LogP contribution in [-0.4, -0.2) is 42.5 Å². The molecule has 0 aromatic heterocycles. The average molecular weight is 429 g/mol. The summed E-state index contributed by atoms with van der Waals surface area (Å²) in [5, 5.41) is 3.69. The van der Waals surface area contributed by atoms with Gasteiger partial charge in [0, 0.05) is 31.1 Å². The molecule has 1 fully saturated rings. The lowest BCUT2D eigenvalue weighted by atomic mass is 10.0. The van der Waals surface area contributed by atoms with Gasteiger partial charge in [-0.15, -0.1) is 0 Å². The molecule has 1 heterocycles. The van der Waals surface area contributed by atoms with E-state index in [1.54, 1.807) is 6.07 Å². The minimum absolute atomic E-state index is 0.0420. The first-order chi connectivity index (χ1) is 14.4. The van der Waals surface area contributed by atoms with Crippen molar-refractivity contribution in [2.75, 3.05) is 19.7 Å². The molecule has 0 spiro atoms. The number of nitrogens with one attached hydrogen (secondary N) is 1. The number of aryl methyl sites for hydroxylation is 2. The molecular formula is C24H29ClN2O3. The summed E-state index contributed by atoms with van der Waals surface area (Å²) in [6.07, 6.45) is 2.65. The molecule has 1 saturated heterocycles. The Hall–Kier alpha value is -2.53. The molecule has 2 amide bonds. The molecule has 5 nitrogen and oxygen atoms in total. The topological polar surface area (TPSA) is 58.6 Å². The smallest absolute Gasteiger partial charge is 0.251 e. The van der Waals surface area contributed by atoms with Gasteiger partial charge >= 0.3 is 0 Å². The molecule has 0 saturated carbocycles. The third-order valence-corrected chi connectivity index (χ3v) is 5.89. The molecule has 0 aliphatic carbocycles. The first-order valence-electron chi connectivity index (χ1n) is 10.5. The van der Waals surface area contributed by atoms with Crippen molar-refractivity contribution in [2.45, 2.75) is 45.6 Å². The molecule has 0 unspecified atom stereocenters. The van der Waals surface area contributed by atoms with Crippen LogP contribution in [0.25, 0.3) is 0 Å². The Morgan fingerprint density at radius 2 is 1.83 bits per heavy atom.